The van der Waals surface area contributed by atoms with Gasteiger partial charge in [-0.25, -0.2) is 0 Å². The van der Waals surface area contributed by atoms with Gasteiger partial charge in [-0.2, -0.15) is 0 Å². The lowest BCUT2D eigenvalue weighted by atomic mass is 9.96. The first kappa shape index (κ1) is 15.7. The Bertz CT molecular complexity index is 414. The van der Waals surface area contributed by atoms with E-state index in [0.29, 0.717) is 12.3 Å². The largest absolute Gasteiger partial charge is 0.471 e. The van der Waals surface area contributed by atoms with Gasteiger partial charge in [0.05, 0.1) is 7.11 Å². The summed E-state index contributed by atoms with van der Waals surface area (Å²) in [6, 6.07) is 7.80. The number of hydrogen-bond acceptors (Lipinski definition) is 3. The number of rotatable bonds is 3. The minimum Gasteiger partial charge on any atom is -0.471 e. The number of ketones is 1. The van der Waals surface area contributed by atoms with Crippen LogP contribution in [0.1, 0.15) is 25.3 Å². The predicted molar refractivity (Wildman–Crippen MR) is 75.1 cm³/mol. The van der Waals surface area contributed by atoms with Crippen molar-refractivity contribution in [3.8, 4) is 0 Å². The number of halogens is 1. The number of hydrogen-bond donors (Lipinski definition) is 0. The molecule has 4 heteroatoms. The van der Waals surface area contributed by atoms with Gasteiger partial charge >= 0.3 is 0 Å². The molecule has 1 fully saturated rings. The van der Waals surface area contributed by atoms with E-state index in [1.54, 1.807) is 0 Å². The normalized spacial score (nSPS) is 21.5. The first-order valence-electron chi connectivity index (χ1n) is 6.33. The van der Waals surface area contributed by atoms with Crippen molar-refractivity contribution in [2.45, 2.75) is 26.2 Å². The first-order valence-corrected chi connectivity index (χ1v) is 6.71. The molecule has 19 heavy (non-hydrogen) atoms. The Balaban J connectivity index is 0.000000399. The third-order valence-electron chi connectivity index (χ3n) is 3.33. The summed E-state index contributed by atoms with van der Waals surface area (Å²) >= 11 is 5.81. The molecule has 0 aliphatic heterocycles. The Morgan fingerprint density at radius 2 is 1.89 bits per heavy atom. The zero-order valence-electron chi connectivity index (χ0n) is 11.3. The van der Waals surface area contributed by atoms with Crippen molar-refractivity contribution in [1.29, 1.82) is 0 Å². The Morgan fingerprint density at radius 1 is 1.32 bits per heavy atom. The zero-order chi connectivity index (χ0) is 14.3. The highest BCUT2D eigenvalue weighted by Gasteiger charge is 2.30. The third kappa shape index (κ3) is 5.03. The highest BCUT2D eigenvalue weighted by molar-refractivity contribution is 6.30. The lowest BCUT2D eigenvalue weighted by Crippen LogP contribution is -2.13. The van der Waals surface area contributed by atoms with Crippen LogP contribution in [0.2, 0.25) is 5.02 Å². The van der Waals surface area contributed by atoms with Gasteiger partial charge in [-0.05, 0) is 37.0 Å². The van der Waals surface area contributed by atoms with E-state index in [0.717, 1.165) is 24.3 Å². The van der Waals surface area contributed by atoms with E-state index in [1.165, 1.54) is 12.7 Å². The van der Waals surface area contributed by atoms with E-state index in [1.807, 2.05) is 31.2 Å². The highest BCUT2D eigenvalue weighted by atomic mass is 35.5. The molecule has 1 aliphatic carbocycles. The van der Waals surface area contributed by atoms with Crippen LogP contribution in [0.4, 0.5) is 0 Å². The van der Waals surface area contributed by atoms with Gasteiger partial charge in [-0.1, -0.05) is 30.7 Å². The second-order valence-corrected chi connectivity index (χ2v) is 5.18. The standard InChI is InChI=1S/C13H15ClO.C2H4O2/c1-9-2-5-11(13(9)15)8-10-3-6-12(14)7-4-10;1-4-2-3/h3-4,6-7,9,11H,2,5,8H2,1H3;2H,1H3. The molecular weight excluding hydrogens is 264 g/mol. The molecule has 104 valence electrons. The van der Waals surface area contributed by atoms with Gasteiger partial charge < -0.3 is 4.74 Å². The molecule has 2 unspecified atom stereocenters. The lowest BCUT2D eigenvalue weighted by molar-refractivity contribution is -0.126. The van der Waals surface area contributed by atoms with Crippen molar-refractivity contribution in [3.63, 3.8) is 0 Å². The number of Topliss-reactive ketones (excluding diaryl/α,β-unsaturated/α-hetero) is 1. The SMILES string of the molecule is CC1CCC(Cc2ccc(Cl)cc2)C1=O.COC=O. The van der Waals surface area contributed by atoms with Crippen LogP contribution in [-0.4, -0.2) is 19.4 Å². The second kappa shape index (κ2) is 7.95. The first-order chi connectivity index (χ1) is 9.08. The van der Waals surface area contributed by atoms with Gasteiger partial charge in [0, 0.05) is 16.9 Å². The van der Waals surface area contributed by atoms with Crippen LogP contribution in [-0.2, 0) is 20.7 Å². The van der Waals surface area contributed by atoms with Crippen molar-refractivity contribution in [1.82, 2.24) is 0 Å². The van der Waals surface area contributed by atoms with Gasteiger partial charge in [0.1, 0.15) is 5.78 Å². The summed E-state index contributed by atoms with van der Waals surface area (Å²) in [7, 11) is 1.31. The molecule has 1 saturated carbocycles. The van der Waals surface area contributed by atoms with E-state index in [4.69, 9.17) is 16.4 Å². The van der Waals surface area contributed by atoms with Crippen molar-refractivity contribution in [2.24, 2.45) is 11.8 Å². The molecule has 2 atom stereocenters. The fraction of sp³-hybridized carbons (Fsp3) is 0.467. The predicted octanol–water partition coefficient (Wildman–Crippen LogP) is 3.29. The van der Waals surface area contributed by atoms with Crippen molar-refractivity contribution in [3.05, 3.63) is 34.9 Å². The zero-order valence-corrected chi connectivity index (χ0v) is 12.0. The maximum atomic E-state index is 11.8. The van der Waals surface area contributed by atoms with E-state index in [2.05, 4.69) is 4.74 Å². The van der Waals surface area contributed by atoms with Gasteiger partial charge in [-0.3, -0.25) is 9.59 Å². The van der Waals surface area contributed by atoms with Crippen LogP contribution in [0.15, 0.2) is 24.3 Å². The molecule has 3 nitrogen and oxygen atoms in total. The molecule has 0 spiro atoms. The molecule has 0 N–H and O–H groups in total. The molecule has 2 rings (SSSR count). The Morgan fingerprint density at radius 3 is 2.32 bits per heavy atom. The summed E-state index contributed by atoms with van der Waals surface area (Å²) in [6.45, 7) is 2.41. The van der Waals surface area contributed by atoms with E-state index >= 15 is 0 Å². The Hall–Kier alpha value is -1.35. The van der Waals surface area contributed by atoms with E-state index < -0.39 is 0 Å². The van der Waals surface area contributed by atoms with E-state index in [9.17, 15) is 4.79 Å². The van der Waals surface area contributed by atoms with Crippen LogP contribution >= 0.6 is 11.6 Å². The fourth-order valence-corrected chi connectivity index (χ4v) is 2.37. The van der Waals surface area contributed by atoms with Crippen molar-refractivity contribution < 1.29 is 14.3 Å². The summed E-state index contributed by atoms with van der Waals surface area (Å²) in [5.41, 5.74) is 1.21. The van der Waals surface area contributed by atoms with Gasteiger partial charge in [-0.15, -0.1) is 0 Å². The number of benzene rings is 1. The summed E-state index contributed by atoms with van der Waals surface area (Å²) < 4.78 is 3.86. The molecule has 0 radical (unpaired) electrons. The van der Waals surface area contributed by atoms with Crippen LogP contribution in [0, 0.1) is 11.8 Å². The minimum atomic E-state index is 0.237. The smallest absolute Gasteiger partial charge is 0.292 e. The van der Waals surface area contributed by atoms with Crippen LogP contribution < -0.4 is 0 Å². The summed E-state index contributed by atoms with van der Waals surface area (Å²) in [5.74, 6) is 0.938. The summed E-state index contributed by atoms with van der Waals surface area (Å²) in [6.07, 6.45) is 2.97. The third-order valence-corrected chi connectivity index (χ3v) is 3.58. The Kier molecular flexibility index (Phi) is 6.57. The molecule has 0 heterocycles. The molecule has 1 aliphatic rings. The second-order valence-electron chi connectivity index (χ2n) is 4.74. The molecule has 0 amide bonds. The van der Waals surface area contributed by atoms with Crippen LogP contribution in [0.5, 0.6) is 0 Å². The quantitative estimate of drug-likeness (QED) is 0.799. The Labute approximate surface area is 118 Å². The number of ether oxygens (including phenoxy) is 1. The van der Waals surface area contributed by atoms with Gasteiger partial charge in [0.2, 0.25) is 0 Å². The average Bonchev–Trinajstić information content (AvgIpc) is 2.74. The monoisotopic (exact) mass is 282 g/mol. The highest BCUT2D eigenvalue weighted by Crippen LogP contribution is 2.29. The lowest BCUT2D eigenvalue weighted by Gasteiger charge is -2.08. The maximum Gasteiger partial charge on any atom is 0.292 e. The fourth-order valence-electron chi connectivity index (χ4n) is 2.25. The number of carbonyl (C=O) groups excluding carboxylic acids is 2. The molecular formula is C15H19ClO3. The van der Waals surface area contributed by atoms with Crippen LogP contribution in [0.25, 0.3) is 0 Å². The van der Waals surface area contributed by atoms with E-state index in [-0.39, 0.29) is 11.8 Å². The van der Waals surface area contributed by atoms with Crippen molar-refractivity contribution in [2.75, 3.05) is 7.11 Å². The number of methoxy groups -OCH3 is 1. The molecule has 1 aromatic carbocycles. The topological polar surface area (TPSA) is 43.4 Å². The minimum absolute atomic E-state index is 0.237. The maximum absolute atomic E-state index is 11.8. The molecule has 0 saturated heterocycles. The number of carbonyl (C=O) groups is 2. The van der Waals surface area contributed by atoms with Gasteiger partial charge in [0.25, 0.3) is 6.47 Å². The average molecular weight is 283 g/mol. The summed E-state index contributed by atoms with van der Waals surface area (Å²) in [5, 5.41) is 0.755. The van der Waals surface area contributed by atoms with Gasteiger partial charge in [0.15, 0.2) is 0 Å². The van der Waals surface area contributed by atoms with Crippen molar-refractivity contribution >= 4 is 23.9 Å². The molecule has 0 bridgehead atoms. The molecule has 0 aromatic heterocycles. The summed E-state index contributed by atoms with van der Waals surface area (Å²) in [4.78, 5) is 20.7. The van der Waals surface area contributed by atoms with Crippen LogP contribution in [0.3, 0.4) is 0 Å². The molecule has 1 aromatic rings.